The molecule has 2 amide bonds. The van der Waals surface area contributed by atoms with Crippen LogP contribution >= 0.6 is 11.8 Å². The van der Waals surface area contributed by atoms with E-state index in [-0.39, 0.29) is 17.9 Å². The van der Waals surface area contributed by atoms with Crippen molar-refractivity contribution in [3.63, 3.8) is 0 Å². The Kier molecular flexibility index (Phi) is 9.75. The molecule has 1 heterocycles. The maximum absolute atomic E-state index is 13.8. The van der Waals surface area contributed by atoms with Crippen molar-refractivity contribution < 1.29 is 9.59 Å². The fourth-order valence-corrected chi connectivity index (χ4v) is 5.79. The van der Waals surface area contributed by atoms with Gasteiger partial charge in [-0.25, -0.2) is 0 Å². The molecule has 0 radical (unpaired) electrons. The second-order valence-electron chi connectivity index (χ2n) is 9.21. The first-order valence-electron chi connectivity index (χ1n) is 12.2. The number of amides is 2. The first-order valence-corrected chi connectivity index (χ1v) is 13.1. The molecule has 1 N–H and O–H groups in total. The van der Waals surface area contributed by atoms with Crippen molar-refractivity contribution in [2.24, 2.45) is 4.99 Å². The predicted octanol–water partition coefficient (Wildman–Crippen LogP) is 6.23. The lowest BCUT2D eigenvalue weighted by molar-refractivity contribution is -0.138. The minimum atomic E-state index is -0.735. The summed E-state index contributed by atoms with van der Waals surface area (Å²) in [6.45, 7) is 9.52. The van der Waals surface area contributed by atoms with Gasteiger partial charge in [0.25, 0.3) is 0 Å². The Morgan fingerprint density at radius 3 is 2.65 bits per heavy atom. The van der Waals surface area contributed by atoms with E-state index < -0.39 is 6.04 Å². The van der Waals surface area contributed by atoms with Gasteiger partial charge in [-0.1, -0.05) is 56.5 Å². The SMILES string of the molecule is C=NC=CC=C(C)N(C(=O)CC1=CCC(C)S1)C(C(=O)NC1CCCCC1)c1ccccc1C. The van der Waals surface area contributed by atoms with Crippen molar-refractivity contribution in [1.29, 1.82) is 0 Å². The fraction of sp³-hybridized carbons (Fsp3) is 0.464. The van der Waals surface area contributed by atoms with E-state index in [1.807, 2.05) is 44.2 Å². The molecule has 2 unspecified atom stereocenters. The number of hydrogen-bond donors (Lipinski definition) is 1. The highest BCUT2D eigenvalue weighted by Gasteiger charge is 2.35. The summed E-state index contributed by atoms with van der Waals surface area (Å²) in [5.74, 6) is -0.192. The zero-order valence-corrected chi connectivity index (χ0v) is 21.4. The van der Waals surface area contributed by atoms with Gasteiger partial charge in [-0.15, -0.1) is 11.8 Å². The quantitative estimate of drug-likeness (QED) is 0.337. The van der Waals surface area contributed by atoms with Crippen LogP contribution in [0.25, 0.3) is 0 Å². The smallest absolute Gasteiger partial charge is 0.248 e. The van der Waals surface area contributed by atoms with Crippen molar-refractivity contribution >= 4 is 30.3 Å². The molecule has 0 aromatic heterocycles. The van der Waals surface area contributed by atoms with Crippen LogP contribution in [0.4, 0.5) is 0 Å². The first kappa shape index (κ1) is 26.0. The third kappa shape index (κ3) is 6.95. The summed E-state index contributed by atoms with van der Waals surface area (Å²) in [5, 5.41) is 3.76. The Bertz CT molecular complexity index is 976. The fourth-order valence-electron chi connectivity index (χ4n) is 4.69. The summed E-state index contributed by atoms with van der Waals surface area (Å²) in [7, 11) is 0. The Morgan fingerprint density at radius 2 is 2.00 bits per heavy atom. The number of rotatable bonds is 9. The van der Waals surface area contributed by atoms with E-state index in [9.17, 15) is 9.59 Å². The van der Waals surface area contributed by atoms with Gasteiger partial charge in [-0.05, 0) is 68.0 Å². The van der Waals surface area contributed by atoms with E-state index >= 15 is 0 Å². The molecule has 2 aliphatic rings. The van der Waals surface area contributed by atoms with Gasteiger partial charge in [0.05, 0.1) is 6.42 Å². The normalized spacial score (nSPS) is 20.1. The van der Waals surface area contributed by atoms with Gasteiger partial charge in [0.15, 0.2) is 0 Å². The number of carbonyl (C=O) groups excluding carboxylic acids is 2. The number of nitrogens with zero attached hydrogens (tertiary/aromatic N) is 2. The second-order valence-corrected chi connectivity index (χ2v) is 10.8. The topological polar surface area (TPSA) is 61.8 Å². The van der Waals surface area contributed by atoms with Crippen LogP contribution in [0.15, 0.2) is 64.3 Å². The van der Waals surface area contributed by atoms with Crippen molar-refractivity contribution in [1.82, 2.24) is 10.2 Å². The van der Waals surface area contributed by atoms with Crippen LogP contribution in [0.2, 0.25) is 0 Å². The monoisotopic (exact) mass is 479 g/mol. The zero-order chi connectivity index (χ0) is 24.5. The average Bonchev–Trinajstić information content (AvgIpc) is 3.23. The summed E-state index contributed by atoms with van der Waals surface area (Å²) in [5.41, 5.74) is 2.54. The highest BCUT2D eigenvalue weighted by Crippen LogP contribution is 2.36. The van der Waals surface area contributed by atoms with E-state index in [4.69, 9.17) is 0 Å². The van der Waals surface area contributed by atoms with Gasteiger partial charge in [-0.2, -0.15) is 0 Å². The van der Waals surface area contributed by atoms with Gasteiger partial charge >= 0.3 is 0 Å². The van der Waals surface area contributed by atoms with E-state index in [0.717, 1.165) is 48.1 Å². The van der Waals surface area contributed by atoms with Crippen LogP contribution in [0, 0.1) is 6.92 Å². The molecule has 182 valence electrons. The van der Waals surface area contributed by atoms with E-state index in [0.29, 0.717) is 17.4 Å². The number of allylic oxidation sites excluding steroid dienone is 4. The molecule has 1 aliphatic carbocycles. The van der Waals surface area contributed by atoms with Crippen molar-refractivity contribution in [2.45, 2.75) is 83.1 Å². The minimum absolute atomic E-state index is 0.0754. The summed E-state index contributed by atoms with van der Waals surface area (Å²) in [6, 6.07) is 7.28. The summed E-state index contributed by atoms with van der Waals surface area (Å²) in [6.07, 6.45) is 14.0. The molecule has 1 saturated carbocycles. The summed E-state index contributed by atoms with van der Waals surface area (Å²) >= 11 is 1.75. The van der Waals surface area contributed by atoms with Crippen molar-refractivity contribution in [2.75, 3.05) is 0 Å². The molecular weight excluding hydrogens is 442 g/mol. The highest BCUT2D eigenvalue weighted by molar-refractivity contribution is 8.03. The Hall–Kier alpha value is -2.60. The number of aryl methyl sites for hydroxylation is 1. The number of hydrogen-bond acceptors (Lipinski definition) is 4. The lowest BCUT2D eigenvalue weighted by atomic mass is 9.93. The number of benzene rings is 1. The second kappa shape index (κ2) is 12.7. The van der Waals surface area contributed by atoms with E-state index in [1.54, 1.807) is 28.9 Å². The Morgan fingerprint density at radius 1 is 1.26 bits per heavy atom. The lowest BCUT2D eigenvalue weighted by Gasteiger charge is -2.34. The molecule has 3 rings (SSSR count). The third-order valence-corrected chi connectivity index (χ3v) is 7.68. The van der Waals surface area contributed by atoms with Gasteiger partial charge in [0.2, 0.25) is 11.8 Å². The van der Waals surface area contributed by atoms with Crippen molar-refractivity contribution in [3.8, 4) is 0 Å². The van der Waals surface area contributed by atoms with Crippen molar-refractivity contribution in [3.05, 3.63) is 70.4 Å². The molecule has 0 spiro atoms. The van der Waals surface area contributed by atoms with E-state index in [1.165, 1.54) is 6.42 Å². The molecule has 0 bridgehead atoms. The Labute approximate surface area is 208 Å². The number of carbonyl (C=O) groups is 2. The average molecular weight is 480 g/mol. The maximum Gasteiger partial charge on any atom is 0.248 e. The van der Waals surface area contributed by atoms with Gasteiger partial charge in [0, 0.05) is 23.2 Å². The molecule has 0 saturated heterocycles. The Balaban J connectivity index is 2.00. The molecule has 1 aromatic carbocycles. The standard InChI is InChI=1S/C28H37N3O2S/c1-20-11-8-9-15-25(20)27(28(33)30-23-13-6-5-7-14-23)31(21(2)12-10-18-29-4)26(32)19-24-17-16-22(3)34-24/h8-12,15,17-18,22-23,27H,4-7,13-14,16,19H2,1-3H3,(H,30,33). The summed E-state index contributed by atoms with van der Waals surface area (Å²) < 4.78 is 0. The van der Waals surface area contributed by atoms with Gasteiger partial charge < -0.3 is 5.32 Å². The number of nitrogens with one attached hydrogen (secondary N) is 1. The molecule has 34 heavy (non-hydrogen) atoms. The largest absolute Gasteiger partial charge is 0.351 e. The van der Waals surface area contributed by atoms with E-state index in [2.05, 4.69) is 30.0 Å². The van der Waals surface area contributed by atoms with Crippen LogP contribution in [0.1, 0.15) is 76.0 Å². The van der Waals surface area contributed by atoms with Crippen LogP contribution in [0.5, 0.6) is 0 Å². The highest BCUT2D eigenvalue weighted by atomic mass is 32.2. The van der Waals surface area contributed by atoms with Crippen LogP contribution in [0.3, 0.4) is 0 Å². The first-order chi connectivity index (χ1) is 16.4. The summed E-state index contributed by atoms with van der Waals surface area (Å²) in [4.78, 5) is 34.1. The van der Waals surface area contributed by atoms with Gasteiger partial charge in [-0.3, -0.25) is 19.5 Å². The minimum Gasteiger partial charge on any atom is -0.351 e. The van der Waals surface area contributed by atoms with Crippen LogP contribution < -0.4 is 5.32 Å². The maximum atomic E-state index is 13.8. The lowest BCUT2D eigenvalue weighted by Crippen LogP contribution is -2.46. The zero-order valence-electron chi connectivity index (χ0n) is 20.6. The molecule has 5 nitrogen and oxygen atoms in total. The molecular formula is C28H37N3O2S. The predicted molar refractivity (Wildman–Crippen MR) is 143 cm³/mol. The molecule has 1 fully saturated rings. The van der Waals surface area contributed by atoms with Gasteiger partial charge in [0.1, 0.15) is 6.04 Å². The number of thioether (sulfide) groups is 1. The molecule has 2 atom stereocenters. The number of aliphatic imine (C=N–C) groups is 1. The molecule has 1 aliphatic heterocycles. The third-order valence-electron chi connectivity index (χ3n) is 6.47. The molecule has 1 aromatic rings. The van der Waals surface area contributed by atoms with Crippen LogP contribution in [-0.2, 0) is 9.59 Å². The van der Waals surface area contributed by atoms with Crippen LogP contribution in [-0.4, -0.2) is 34.7 Å². The molecule has 6 heteroatoms.